The number of halogens is 1. The fourth-order valence-electron chi connectivity index (χ4n) is 1.68. The van der Waals surface area contributed by atoms with E-state index in [4.69, 9.17) is 17.0 Å². The van der Waals surface area contributed by atoms with Crippen LogP contribution in [0.4, 0.5) is 0 Å². The molecule has 0 heterocycles. The molecular formula is C16H22BrN3O2S. The minimum atomic E-state index is -0.306. The first-order chi connectivity index (χ1) is 10.9. The fraction of sp³-hybridized carbons (Fsp3) is 0.375. The predicted octanol–water partition coefficient (Wildman–Crippen LogP) is 3.01. The Morgan fingerprint density at radius 2 is 2.13 bits per heavy atom. The topological polar surface area (TPSA) is 62.4 Å². The fourth-order valence-corrected chi connectivity index (χ4v) is 2.21. The van der Waals surface area contributed by atoms with Crippen molar-refractivity contribution in [3.8, 4) is 5.75 Å². The number of amides is 1. The molecule has 0 spiro atoms. The van der Waals surface area contributed by atoms with Gasteiger partial charge in [-0.3, -0.25) is 15.6 Å². The number of hydrogen-bond acceptors (Lipinski definition) is 3. The molecule has 1 aromatic rings. The monoisotopic (exact) mass is 399 g/mol. The molecule has 1 rings (SSSR count). The third-order valence-corrected chi connectivity index (χ3v) is 3.65. The van der Waals surface area contributed by atoms with Gasteiger partial charge in [0, 0.05) is 22.7 Å². The van der Waals surface area contributed by atoms with Gasteiger partial charge in [0.05, 0.1) is 7.11 Å². The molecule has 23 heavy (non-hydrogen) atoms. The van der Waals surface area contributed by atoms with E-state index in [0.717, 1.165) is 23.0 Å². The van der Waals surface area contributed by atoms with Crippen molar-refractivity contribution in [1.29, 1.82) is 0 Å². The van der Waals surface area contributed by atoms with Crippen LogP contribution in [0.1, 0.15) is 25.8 Å². The van der Waals surface area contributed by atoms with E-state index in [0.29, 0.717) is 16.8 Å². The number of rotatable bonds is 6. The third-order valence-electron chi connectivity index (χ3n) is 2.91. The highest BCUT2D eigenvalue weighted by atomic mass is 79.9. The van der Waals surface area contributed by atoms with Crippen molar-refractivity contribution in [1.82, 2.24) is 16.2 Å². The normalized spacial score (nSPS) is 10.7. The predicted molar refractivity (Wildman–Crippen MR) is 101 cm³/mol. The first-order valence-electron chi connectivity index (χ1n) is 7.27. The Morgan fingerprint density at radius 1 is 1.39 bits per heavy atom. The average molecular weight is 400 g/mol. The molecule has 0 atom stereocenters. The van der Waals surface area contributed by atoms with Crippen LogP contribution < -0.4 is 20.9 Å². The second kappa shape index (κ2) is 10.2. The van der Waals surface area contributed by atoms with Gasteiger partial charge in [0.1, 0.15) is 5.75 Å². The minimum absolute atomic E-state index is 0.306. The molecule has 0 aliphatic rings. The van der Waals surface area contributed by atoms with Gasteiger partial charge in [-0.25, -0.2) is 0 Å². The van der Waals surface area contributed by atoms with E-state index >= 15 is 0 Å². The van der Waals surface area contributed by atoms with E-state index in [1.807, 2.05) is 18.2 Å². The Labute approximate surface area is 151 Å². The molecule has 5 nitrogen and oxygen atoms in total. The zero-order chi connectivity index (χ0) is 17.2. The molecule has 0 fully saturated rings. The Balaban J connectivity index is 2.44. The van der Waals surface area contributed by atoms with Crippen molar-refractivity contribution in [3.05, 3.63) is 34.3 Å². The maximum absolute atomic E-state index is 11.8. The number of ether oxygens (including phenoxy) is 1. The van der Waals surface area contributed by atoms with Crippen LogP contribution in [-0.4, -0.2) is 24.7 Å². The number of benzene rings is 1. The lowest BCUT2D eigenvalue weighted by Crippen LogP contribution is -2.46. The van der Waals surface area contributed by atoms with Crippen LogP contribution >= 0.6 is 28.1 Å². The number of hydrogen-bond donors (Lipinski definition) is 3. The lowest BCUT2D eigenvalue weighted by Gasteiger charge is -2.11. The lowest BCUT2D eigenvalue weighted by molar-refractivity contribution is -0.116. The summed E-state index contributed by atoms with van der Waals surface area (Å²) < 4.78 is 6.15. The minimum Gasteiger partial charge on any atom is -0.496 e. The van der Waals surface area contributed by atoms with Gasteiger partial charge in [0.2, 0.25) is 0 Å². The Kier molecular flexibility index (Phi) is 8.65. The maximum atomic E-state index is 11.8. The van der Waals surface area contributed by atoms with Gasteiger partial charge in [-0.05, 0) is 48.8 Å². The summed E-state index contributed by atoms with van der Waals surface area (Å²) in [4.78, 5) is 11.8. The van der Waals surface area contributed by atoms with Gasteiger partial charge >= 0.3 is 0 Å². The molecule has 126 valence electrons. The Morgan fingerprint density at radius 3 is 2.78 bits per heavy atom. The smallest absolute Gasteiger partial charge is 0.262 e. The molecule has 0 saturated heterocycles. The highest BCUT2D eigenvalue weighted by Gasteiger charge is 2.02. The summed E-state index contributed by atoms with van der Waals surface area (Å²) in [6.45, 7) is 5.05. The van der Waals surface area contributed by atoms with Crippen molar-refractivity contribution >= 4 is 45.2 Å². The Bertz CT molecular complexity index is 576. The third kappa shape index (κ3) is 7.99. The summed E-state index contributed by atoms with van der Waals surface area (Å²) in [7, 11) is 1.59. The SMILES string of the molecule is COc1ccc(Br)cc1/C=C/C(=O)NNC(=S)NCCC(C)C. The molecule has 0 radical (unpaired) electrons. The highest BCUT2D eigenvalue weighted by molar-refractivity contribution is 9.10. The van der Waals surface area contributed by atoms with E-state index in [1.165, 1.54) is 6.08 Å². The first kappa shape index (κ1) is 19.4. The summed E-state index contributed by atoms with van der Waals surface area (Å²) >= 11 is 8.46. The average Bonchev–Trinajstić information content (AvgIpc) is 2.50. The molecule has 7 heteroatoms. The van der Waals surface area contributed by atoms with Gasteiger partial charge < -0.3 is 10.1 Å². The van der Waals surface area contributed by atoms with Crippen LogP contribution in [0.3, 0.4) is 0 Å². The molecule has 3 N–H and O–H groups in total. The van der Waals surface area contributed by atoms with Crippen LogP contribution in [0.2, 0.25) is 0 Å². The number of hydrazine groups is 1. The standard InChI is InChI=1S/C16H22BrN3O2S/c1-11(2)8-9-18-16(23)20-19-15(21)7-4-12-10-13(17)5-6-14(12)22-3/h4-7,10-11H,8-9H2,1-3H3,(H,19,21)(H2,18,20,23)/b7-4+. The molecule has 0 aliphatic carbocycles. The van der Waals surface area contributed by atoms with Crippen LogP contribution in [0.25, 0.3) is 6.08 Å². The van der Waals surface area contributed by atoms with E-state index in [1.54, 1.807) is 13.2 Å². The summed E-state index contributed by atoms with van der Waals surface area (Å²) in [5.74, 6) is 0.985. The quantitative estimate of drug-likeness (QED) is 0.389. The number of nitrogens with one attached hydrogen (secondary N) is 3. The van der Waals surface area contributed by atoms with Crippen molar-refractivity contribution in [2.45, 2.75) is 20.3 Å². The molecular weight excluding hydrogens is 378 g/mol. The molecule has 0 unspecified atom stereocenters. The van der Waals surface area contributed by atoms with E-state index in [2.05, 4.69) is 45.9 Å². The van der Waals surface area contributed by atoms with Gasteiger partial charge in [-0.15, -0.1) is 0 Å². The van der Waals surface area contributed by atoms with E-state index in [-0.39, 0.29) is 5.91 Å². The number of carbonyl (C=O) groups excluding carboxylic acids is 1. The molecule has 0 aromatic heterocycles. The number of thiocarbonyl (C=S) groups is 1. The van der Waals surface area contributed by atoms with Crippen molar-refractivity contribution in [2.24, 2.45) is 5.92 Å². The summed E-state index contributed by atoms with van der Waals surface area (Å²) in [6.07, 6.45) is 4.10. The van der Waals surface area contributed by atoms with Crippen molar-refractivity contribution in [3.63, 3.8) is 0 Å². The van der Waals surface area contributed by atoms with Crippen LogP contribution in [0.5, 0.6) is 5.75 Å². The van der Waals surface area contributed by atoms with Crippen molar-refractivity contribution in [2.75, 3.05) is 13.7 Å². The Hall–Kier alpha value is -1.60. The lowest BCUT2D eigenvalue weighted by atomic mass is 10.1. The molecule has 0 aliphatic heterocycles. The van der Waals surface area contributed by atoms with E-state index in [9.17, 15) is 4.79 Å². The molecule has 0 bridgehead atoms. The largest absolute Gasteiger partial charge is 0.496 e. The van der Waals surface area contributed by atoms with Gasteiger partial charge in [0.15, 0.2) is 5.11 Å². The summed E-state index contributed by atoms with van der Waals surface area (Å²) in [5.41, 5.74) is 5.97. The summed E-state index contributed by atoms with van der Waals surface area (Å²) in [6, 6.07) is 5.57. The van der Waals surface area contributed by atoms with Crippen molar-refractivity contribution < 1.29 is 9.53 Å². The van der Waals surface area contributed by atoms with Gasteiger partial charge in [0.25, 0.3) is 5.91 Å². The zero-order valence-corrected chi connectivity index (χ0v) is 15.9. The van der Waals surface area contributed by atoms with Crippen LogP contribution in [0.15, 0.2) is 28.7 Å². The second-order valence-corrected chi connectivity index (χ2v) is 6.60. The first-order valence-corrected chi connectivity index (χ1v) is 8.48. The molecule has 0 saturated carbocycles. The van der Waals surface area contributed by atoms with Crippen LogP contribution in [0, 0.1) is 5.92 Å². The highest BCUT2D eigenvalue weighted by Crippen LogP contribution is 2.23. The summed E-state index contributed by atoms with van der Waals surface area (Å²) in [5, 5.41) is 3.42. The second-order valence-electron chi connectivity index (χ2n) is 5.27. The van der Waals surface area contributed by atoms with Crippen LogP contribution in [-0.2, 0) is 4.79 Å². The van der Waals surface area contributed by atoms with E-state index < -0.39 is 0 Å². The number of methoxy groups -OCH3 is 1. The molecule has 1 amide bonds. The van der Waals surface area contributed by atoms with Gasteiger partial charge in [-0.2, -0.15) is 0 Å². The number of carbonyl (C=O) groups is 1. The zero-order valence-electron chi connectivity index (χ0n) is 13.5. The van der Waals surface area contributed by atoms with Gasteiger partial charge in [-0.1, -0.05) is 29.8 Å². The maximum Gasteiger partial charge on any atom is 0.262 e. The molecule has 1 aromatic carbocycles.